The van der Waals surface area contributed by atoms with E-state index in [1.165, 1.54) is 0 Å². The number of rotatable bonds is 4. The molecule has 0 aromatic heterocycles. The Morgan fingerprint density at radius 3 is 2.94 bits per heavy atom. The largest absolute Gasteiger partial charge is 0.481 e. The predicted octanol–water partition coefficient (Wildman–Crippen LogP) is 0.698. The van der Waals surface area contributed by atoms with E-state index in [0.717, 1.165) is 11.3 Å². The van der Waals surface area contributed by atoms with Crippen molar-refractivity contribution >= 4 is 17.6 Å². The molecule has 0 fully saturated rings. The Bertz CT molecular complexity index is 471. The van der Waals surface area contributed by atoms with Crippen molar-refractivity contribution in [2.75, 3.05) is 11.9 Å². The summed E-state index contributed by atoms with van der Waals surface area (Å²) >= 11 is 0. The molecule has 17 heavy (non-hydrogen) atoms. The maximum absolute atomic E-state index is 11.2. The summed E-state index contributed by atoms with van der Waals surface area (Å²) < 4.78 is 0. The van der Waals surface area contributed by atoms with Gasteiger partial charge in [0.05, 0.1) is 12.3 Å². The summed E-state index contributed by atoms with van der Waals surface area (Å²) in [5, 5.41) is 11.8. The minimum atomic E-state index is -0.882. The lowest BCUT2D eigenvalue weighted by Crippen LogP contribution is -2.16. The van der Waals surface area contributed by atoms with Gasteiger partial charge in [0.1, 0.15) is 0 Å². The first kappa shape index (κ1) is 11.6. The molecular weight excluding hydrogens is 220 g/mol. The fourth-order valence-corrected chi connectivity index (χ4v) is 2.07. The predicted molar refractivity (Wildman–Crippen MR) is 62.8 cm³/mol. The van der Waals surface area contributed by atoms with E-state index in [2.05, 4.69) is 5.32 Å². The zero-order valence-corrected chi connectivity index (χ0v) is 9.27. The average Bonchev–Trinajstić information content (AvgIpc) is 2.64. The molecule has 5 nitrogen and oxygen atoms in total. The van der Waals surface area contributed by atoms with Crippen LogP contribution >= 0.6 is 0 Å². The van der Waals surface area contributed by atoms with E-state index in [4.69, 9.17) is 10.8 Å². The molecule has 4 N–H and O–H groups in total. The molecule has 90 valence electrons. The second-order valence-electron chi connectivity index (χ2n) is 4.11. The number of nitrogens with two attached hydrogens (primary N) is 1. The molecule has 2 rings (SSSR count). The van der Waals surface area contributed by atoms with E-state index < -0.39 is 11.9 Å². The molecule has 0 saturated heterocycles. The Morgan fingerprint density at radius 1 is 1.53 bits per heavy atom. The molecule has 1 atom stereocenters. The van der Waals surface area contributed by atoms with Crippen LogP contribution in [0.15, 0.2) is 18.2 Å². The highest BCUT2D eigenvalue weighted by Crippen LogP contribution is 2.28. The summed E-state index contributed by atoms with van der Waals surface area (Å²) in [6.07, 6.45) is 0.716. The van der Waals surface area contributed by atoms with E-state index in [1.54, 1.807) is 18.2 Å². The summed E-state index contributed by atoms with van der Waals surface area (Å²) in [6, 6.07) is 5.27. The number of nitrogens with one attached hydrogen (secondary N) is 1. The third kappa shape index (κ3) is 2.29. The topological polar surface area (TPSA) is 92.4 Å². The molecule has 1 aliphatic heterocycles. The highest BCUT2D eigenvalue weighted by Gasteiger charge is 2.23. The van der Waals surface area contributed by atoms with Crippen LogP contribution < -0.4 is 11.1 Å². The van der Waals surface area contributed by atoms with E-state index in [0.29, 0.717) is 24.9 Å². The molecule has 1 aromatic rings. The molecule has 1 heterocycles. The van der Waals surface area contributed by atoms with Gasteiger partial charge in [-0.05, 0) is 30.2 Å². The molecule has 5 heteroatoms. The number of carboxylic acid groups (broad SMARTS) is 1. The number of aliphatic carboxylic acids is 1. The number of carbonyl (C=O) groups excluding carboxylic acids is 1. The Labute approximate surface area is 98.6 Å². The van der Waals surface area contributed by atoms with Gasteiger partial charge >= 0.3 is 5.97 Å². The number of amides is 1. The minimum Gasteiger partial charge on any atom is -0.481 e. The van der Waals surface area contributed by atoms with Gasteiger partial charge in [0.2, 0.25) is 5.91 Å². The molecule has 1 aromatic carbocycles. The van der Waals surface area contributed by atoms with Crippen molar-refractivity contribution < 1.29 is 14.7 Å². The monoisotopic (exact) mass is 234 g/mol. The number of hydrogen-bond acceptors (Lipinski definition) is 3. The number of carboxylic acids is 1. The Morgan fingerprint density at radius 2 is 2.29 bits per heavy atom. The number of anilines is 1. The van der Waals surface area contributed by atoms with Gasteiger partial charge in [0.25, 0.3) is 0 Å². The lowest BCUT2D eigenvalue weighted by molar-refractivity contribution is -0.138. The number of fused-ring (bicyclic) bond motifs is 1. The Kier molecular flexibility index (Phi) is 3.10. The first-order valence-electron chi connectivity index (χ1n) is 5.47. The fraction of sp³-hybridized carbons (Fsp3) is 0.333. The van der Waals surface area contributed by atoms with Gasteiger partial charge < -0.3 is 16.2 Å². The van der Waals surface area contributed by atoms with Crippen molar-refractivity contribution in [1.82, 2.24) is 0 Å². The Hall–Kier alpha value is -1.88. The van der Waals surface area contributed by atoms with Crippen molar-refractivity contribution in [3.05, 3.63) is 29.3 Å². The van der Waals surface area contributed by atoms with Crippen molar-refractivity contribution in [2.45, 2.75) is 18.8 Å². The van der Waals surface area contributed by atoms with Gasteiger partial charge in [0, 0.05) is 5.69 Å². The lowest BCUT2D eigenvalue weighted by atomic mass is 9.94. The first-order valence-corrected chi connectivity index (χ1v) is 5.47. The lowest BCUT2D eigenvalue weighted by Gasteiger charge is -2.12. The molecule has 0 radical (unpaired) electrons. The third-order valence-corrected chi connectivity index (χ3v) is 2.91. The minimum absolute atomic E-state index is 0.0529. The zero-order valence-electron chi connectivity index (χ0n) is 9.27. The van der Waals surface area contributed by atoms with E-state index >= 15 is 0 Å². The molecule has 0 bridgehead atoms. The van der Waals surface area contributed by atoms with Gasteiger partial charge in [-0.1, -0.05) is 12.1 Å². The molecule has 0 saturated carbocycles. The first-order chi connectivity index (χ1) is 8.11. The SMILES string of the molecule is NCCC(C(=O)O)c1ccc2c(c1)CC(=O)N2. The van der Waals surface area contributed by atoms with Gasteiger partial charge in [0.15, 0.2) is 0 Å². The number of carbonyl (C=O) groups is 2. The van der Waals surface area contributed by atoms with Crippen LogP contribution in [0, 0.1) is 0 Å². The summed E-state index contributed by atoms with van der Waals surface area (Å²) in [5.41, 5.74) is 7.75. The summed E-state index contributed by atoms with van der Waals surface area (Å²) in [5.74, 6) is -1.53. The molecule has 1 unspecified atom stereocenters. The van der Waals surface area contributed by atoms with Crippen molar-refractivity contribution in [1.29, 1.82) is 0 Å². The van der Waals surface area contributed by atoms with Gasteiger partial charge in [-0.25, -0.2) is 0 Å². The highest BCUT2D eigenvalue weighted by molar-refractivity contribution is 5.99. The highest BCUT2D eigenvalue weighted by atomic mass is 16.4. The van der Waals surface area contributed by atoms with Crippen LogP contribution in [0.2, 0.25) is 0 Å². The van der Waals surface area contributed by atoms with Crippen LogP contribution in [-0.2, 0) is 16.0 Å². The fourth-order valence-electron chi connectivity index (χ4n) is 2.07. The van der Waals surface area contributed by atoms with Gasteiger partial charge in [-0.2, -0.15) is 0 Å². The maximum atomic E-state index is 11.2. The van der Waals surface area contributed by atoms with Crippen LogP contribution in [0.4, 0.5) is 5.69 Å². The maximum Gasteiger partial charge on any atom is 0.311 e. The van der Waals surface area contributed by atoms with Gasteiger partial charge in [-0.3, -0.25) is 9.59 Å². The second-order valence-corrected chi connectivity index (χ2v) is 4.11. The number of benzene rings is 1. The summed E-state index contributed by atoms with van der Waals surface area (Å²) in [4.78, 5) is 22.3. The summed E-state index contributed by atoms with van der Waals surface area (Å²) in [6.45, 7) is 0.325. The van der Waals surface area contributed by atoms with Crippen LogP contribution in [0.3, 0.4) is 0 Å². The molecule has 1 aliphatic rings. The third-order valence-electron chi connectivity index (χ3n) is 2.91. The van der Waals surface area contributed by atoms with Crippen LogP contribution in [0.25, 0.3) is 0 Å². The standard InChI is InChI=1S/C12H14N2O3/c13-4-3-9(12(16)17)7-1-2-10-8(5-7)6-11(15)14-10/h1-2,5,9H,3-4,6,13H2,(H,14,15)(H,16,17). The smallest absolute Gasteiger partial charge is 0.311 e. The molecular formula is C12H14N2O3. The number of hydrogen-bond donors (Lipinski definition) is 3. The zero-order chi connectivity index (χ0) is 12.4. The van der Waals surface area contributed by atoms with Crippen molar-refractivity contribution in [3.8, 4) is 0 Å². The van der Waals surface area contributed by atoms with E-state index in [1.807, 2.05) is 0 Å². The quantitative estimate of drug-likeness (QED) is 0.715. The van der Waals surface area contributed by atoms with Crippen LogP contribution in [0.5, 0.6) is 0 Å². The van der Waals surface area contributed by atoms with Crippen molar-refractivity contribution in [2.24, 2.45) is 5.73 Å². The molecule has 1 amide bonds. The van der Waals surface area contributed by atoms with E-state index in [9.17, 15) is 9.59 Å². The van der Waals surface area contributed by atoms with Crippen LogP contribution in [-0.4, -0.2) is 23.5 Å². The van der Waals surface area contributed by atoms with Gasteiger partial charge in [-0.15, -0.1) is 0 Å². The van der Waals surface area contributed by atoms with Crippen LogP contribution in [0.1, 0.15) is 23.5 Å². The van der Waals surface area contributed by atoms with Crippen molar-refractivity contribution in [3.63, 3.8) is 0 Å². The summed E-state index contributed by atoms with van der Waals surface area (Å²) in [7, 11) is 0. The molecule has 0 spiro atoms. The molecule has 0 aliphatic carbocycles. The van der Waals surface area contributed by atoms with E-state index in [-0.39, 0.29) is 5.91 Å². The Balaban J connectivity index is 2.30. The second kappa shape index (κ2) is 4.55. The average molecular weight is 234 g/mol. The normalized spacial score (nSPS) is 15.2.